The molecule has 26 heavy (non-hydrogen) atoms. The zero-order chi connectivity index (χ0) is 18.5. The van der Waals surface area contributed by atoms with Crippen molar-refractivity contribution in [2.75, 3.05) is 20.2 Å². The van der Waals surface area contributed by atoms with Crippen LogP contribution in [0, 0.1) is 0 Å². The Hall–Kier alpha value is -3.22. The number of fused-ring (bicyclic) bond motifs is 1. The molecule has 2 heterocycles. The lowest BCUT2D eigenvalue weighted by molar-refractivity contribution is -0.120. The summed E-state index contributed by atoms with van der Waals surface area (Å²) in [4.78, 5) is 24.2. The van der Waals surface area contributed by atoms with Gasteiger partial charge in [0, 0.05) is 25.7 Å². The van der Waals surface area contributed by atoms with Gasteiger partial charge in [0.15, 0.2) is 5.58 Å². The number of benzene rings is 1. The molecule has 0 radical (unpaired) electrons. The number of nitrogens with one attached hydrogen (secondary N) is 2. The zero-order valence-corrected chi connectivity index (χ0v) is 14.7. The van der Waals surface area contributed by atoms with Crippen LogP contribution in [0.5, 0.6) is 5.75 Å². The number of ether oxygens (including phenoxy) is 1. The molecule has 7 heteroatoms. The van der Waals surface area contributed by atoms with Gasteiger partial charge in [-0.1, -0.05) is 12.1 Å². The van der Waals surface area contributed by atoms with Gasteiger partial charge in [-0.05, 0) is 24.1 Å². The van der Waals surface area contributed by atoms with Crippen molar-refractivity contribution in [3.63, 3.8) is 0 Å². The second-order valence-corrected chi connectivity index (χ2v) is 5.89. The number of hydrogen-bond acceptors (Lipinski definition) is 4. The van der Waals surface area contributed by atoms with Gasteiger partial charge in [0.25, 0.3) is 5.91 Å². The fraction of sp³-hybridized carbons (Fsp3) is 0.263. The minimum absolute atomic E-state index is 0.0799. The molecule has 1 aromatic carbocycles. The van der Waals surface area contributed by atoms with Crippen LogP contribution in [0.15, 0.2) is 47.1 Å². The van der Waals surface area contributed by atoms with Crippen LogP contribution in [0.2, 0.25) is 0 Å². The van der Waals surface area contributed by atoms with E-state index in [1.54, 1.807) is 37.1 Å². The Morgan fingerprint density at radius 2 is 2.04 bits per heavy atom. The molecule has 3 rings (SSSR count). The molecule has 2 amide bonds. The van der Waals surface area contributed by atoms with Crippen molar-refractivity contribution in [1.29, 1.82) is 0 Å². The van der Waals surface area contributed by atoms with Gasteiger partial charge < -0.3 is 24.4 Å². The van der Waals surface area contributed by atoms with Crippen molar-refractivity contribution in [2.45, 2.75) is 6.42 Å². The van der Waals surface area contributed by atoms with E-state index in [9.17, 15) is 9.59 Å². The molecule has 0 saturated heterocycles. The molecule has 0 atom stereocenters. The van der Waals surface area contributed by atoms with Crippen molar-refractivity contribution in [3.8, 4) is 5.75 Å². The number of nitrogens with zero attached hydrogens (tertiary/aromatic N) is 1. The Balaban J connectivity index is 1.45. The molecule has 2 N–H and O–H groups in total. The van der Waals surface area contributed by atoms with E-state index < -0.39 is 0 Å². The Labute approximate surface area is 150 Å². The van der Waals surface area contributed by atoms with Gasteiger partial charge >= 0.3 is 0 Å². The summed E-state index contributed by atoms with van der Waals surface area (Å²) in [5.74, 6) is 0.232. The minimum atomic E-state index is -0.318. The van der Waals surface area contributed by atoms with Gasteiger partial charge in [-0.2, -0.15) is 0 Å². The summed E-state index contributed by atoms with van der Waals surface area (Å²) in [7, 11) is 3.40. The Bertz CT molecular complexity index is 926. The number of carbonyl (C=O) groups excluding carboxylic acids is 2. The highest BCUT2D eigenvalue weighted by Gasteiger charge is 2.15. The molecule has 7 nitrogen and oxygen atoms in total. The summed E-state index contributed by atoms with van der Waals surface area (Å²) in [6.45, 7) is 0.405. The van der Waals surface area contributed by atoms with Crippen LogP contribution in [0.1, 0.15) is 16.1 Å². The lowest BCUT2D eigenvalue weighted by Gasteiger charge is -2.08. The lowest BCUT2D eigenvalue weighted by atomic mass is 10.1. The smallest absolute Gasteiger partial charge is 0.268 e. The van der Waals surface area contributed by atoms with E-state index in [0.29, 0.717) is 24.2 Å². The number of carbonyl (C=O) groups is 2. The molecule has 0 bridgehead atoms. The third-order valence-corrected chi connectivity index (χ3v) is 4.18. The highest BCUT2D eigenvalue weighted by Crippen LogP contribution is 2.19. The molecule has 0 saturated carbocycles. The first kappa shape index (κ1) is 17.6. The first-order chi connectivity index (χ1) is 12.6. The Morgan fingerprint density at radius 3 is 2.81 bits per heavy atom. The number of amides is 2. The van der Waals surface area contributed by atoms with Gasteiger partial charge in [-0.25, -0.2) is 0 Å². The molecule has 3 aromatic rings. The molecular formula is C19H21N3O4. The maximum atomic E-state index is 12.2. The molecule has 2 aromatic heterocycles. The van der Waals surface area contributed by atoms with E-state index in [-0.39, 0.29) is 18.4 Å². The van der Waals surface area contributed by atoms with Crippen molar-refractivity contribution in [2.24, 2.45) is 7.05 Å². The molecule has 136 valence electrons. The van der Waals surface area contributed by atoms with Crippen LogP contribution in [-0.4, -0.2) is 36.6 Å². The highest BCUT2D eigenvalue weighted by molar-refractivity contribution is 5.99. The van der Waals surface area contributed by atoms with Gasteiger partial charge in [0.2, 0.25) is 5.91 Å². The van der Waals surface area contributed by atoms with Gasteiger partial charge in [-0.15, -0.1) is 0 Å². The molecule has 0 aliphatic heterocycles. The third-order valence-electron chi connectivity index (χ3n) is 4.18. The van der Waals surface area contributed by atoms with Crippen LogP contribution in [-0.2, 0) is 18.3 Å². The predicted molar refractivity (Wildman–Crippen MR) is 97.2 cm³/mol. The van der Waals surface area contributed by atoms with E-state index in [2.05, 4.69) is 10.6 Å². The van der Waals surface area contributed by atoms with Crippen LogP contribution in [0.4, 0.5) is 0 Å². The number of methoxy groups -OCH3 is 1. The summed E-state index contributed by atoms with van der Waals surface area (Å²) in [6.07, 6.45) is 2.26. The second-order valence-electron chi connectivity index (χ2n) is 5.89. The standard InChI is InChI=1S/C19H21N3O4/c1-22-15-7-9-26-17(15)11-16(22)19(24)21-12-18(23)20-8-6-13-4-3-5-14(10-13)25-2/h3-5,7,9-11H,6,8,12H2,1-2H3,(H,20,23)(H,21,24). The fourth-order valence-electron chi connectivity index (χ4n) is 2.76. The van der Waals surface area contributed by atoms with Crippen molar-refractivity contribution < 1.29 is 18.7 Å². The molecule has 0 aliphatic rings. The van der Waals surface area contributed by atoms with Crippen molar-refractivity contribution in [3.05, 3.63) is 53.9 Å². The molecule has 0 spiro atoms. The third kappa shape index (κ3) is 3.88. The predicted octanol–water partition coefficient (Wildman–Crippen LogP) is 1.87. The van der Waals surface area contributed by atoms with E-state index in [0.717, 1.165) is 16.8 Å². The number of hydrogen-bond donors (Lipinski definition) is 2. The van der Waals surface area contributed by atoms with Gasteiger partial charge in [0.05, 0.1) is 25.4 Å². The van der Waals surface area contributed by atoms with E-state index >= 15 is 0 Å². The number of aromatic nitrogens is 1. The molecule has 0 fully saturated rings. The lowest BCUT2D eigenvalue weighted by Crippen LogP contribution is -2.38. The molecule has 0 aliphatic carbocycles. The quantitative estimate of drug-likeness (QED) is 0.677. The minimum Gasteiger partial charge on any atom is -0.497 e. The Morgan fingerprint density at radius 1 is 1.19 bits per heavy atom. The summed E-state index contributed by atoms with van der Waals surface area (Å²) in [5.41, 5.74) is 2.99. The average molecular weight is 355 g/mol. The first-order valence-corrected chi connectivity index (χ1v) is 8.29. The average Bonchev–Trinajstić information content (AvgIpc) is 3.23. The summed E-state index contributed by atoms with van der Waals surface area (Å²) >= 11 is 0. The SMILES string of the molecule is COc1cccc(CCNC(=O)CNC(=O)c2cc3occc3n2C)c1. The highest BCUT2D eigenvalue weighted by atomic mass is 16.5. The van der Waals surface area contributed by atoms with Gasteiger partial charge in [0.1, 0.15) is 11.4 Å². The summed E-state index contributed by atoms with van der Waals surface area (Å²) in [6, 6.07) is 11.1. The maximum Gasteiger partial charge on any atom is 0.268 e. The van der Waals surface area contributed by atoms with Crippen LogP contribution >= 0.6 is 0 Å². The number of rotatable bonds is 7. The Kier molecular flexibility index (Phi) is 5.26. The largest absolute Gasteiger partial charge is 0.497 e. The monoisotopic (exact) mass is 355 g/mol. The maximum absolute atomic E-state index is 12.2. The second kappa shape index (κ2) is 7.77. The number of aryl methyl sites for hydroxylation is 1. The van der Waals surface area contributed by atoms with E-state index in [4.69, 9.17) is 9.15 Å². The van der Waals surface area contributed by atoms with Crippen LogP contribution < -0.4 is 15.4 Å². The number of furan rings is 1. The van der Waals surface area contributed by atoms with Crippen molar-refractivity contribution >= 4 is 22.9 Å². The van der Waals surface area contributed by atoms with Crippen LogP contribution in [0.3, 0.4) is 0 Å². The topological polar surface area (TPSA) is 85.5 Å². The zero-order valence-electron chi connectivity index (χ0n) is 14.7. The normalized spacial score (nSPS) is 10.7. The van der Waals surface area contributed by atoms with Crippen LogP contribution in [0.25, 0.3) is 11.1 Å². The summed E-state index contributed by atoms with van der Waals surface area (Å²) < 4.78 is 12.2. The molecule has 0 unspecified atom stereocenters. The fourth-order valence-corrected chi connectivity index (χ4v) is 2.76. The van der Waals surface area contributed by atoms with Crippen molar-refractivity contribution in [1.82, 2.24) is 15.2 Å². The first-order valence-electron chi connectivity index (χ1n) is 8.29. The molecular weight excluding hydrogens is 334 g/mol. The van der Waals surface area contributed by atoms with E-state index in [1.165, 1.54) is 0 Å². The van der Waals surface area contributed by atoms with Gasteiger partial charge in [-0.3, -0.25) is 9.59 Å². The van der Waals surface area contributed by atoms with E-state index in [1.807, 2.05) is 24.3 Å². The summed E-state index contributed by atoms with van der Waals surface area (Å²) in [5, 5.41) is 5.42.